The molecule has 0 aromatic heterocycles. The number of nitrogens with one attached hydrogen (secondary N) is 1. The van der Waals surface area contributed by atoms with Crippen molar-refractivity contribution in [1.82, 2.24) is 5.06 Å². The monoisotopic (exact) mass is 414 g/mol. The predicted octanol–water partition coefficient (Wildman–Crippen LogP) is 5.17. The van der Waals surface area contributed by atoms with Crippen LogP contribution in [0.1, 0.15) is 47.8 Å². The van der Waals surface area contributed by atoms with Crippen molar-refractivity contribution in [2.24, 2.45) is 0 Å². The zero-order valence-electron chi connectivity index (χ0n) is 17.7. The maximum absolute atomic E-state index is 13.5. The van der Waals surface area contributed by atoms with Crippen molar-refractivity contribution in [3.8, 4) is 0 Å². The van der Waals surface area contributed by atoms with Crippen molar-refractivity contribution in [2.45, 2.75) is 38.5 Å². The molecule has 5 nitrogen and oxygen atoms in total. The third-order valence-electron chi connectivity index (χ3n) is 5.47. The van der Waals surface area contributed by atoms with Crippen molar-refractivity contribution in [3.63, 3.8) is 0 Å². The number of benzene rings is 3. The first-order chi connectivity index (χ1) is 15.0. The summed E-state index contributed by atoms with van der Waals surface area (Å²) >= 11 is 0. The largest absolute Gasteiger partial charge is 0.371 e. The highest BCUT2D eigenvalue weighted by Crippen LogP contribution is 2.38. The number of carbonyl (C=O) groups is 2. The van der Waals surface area contributed by atoms with E-state index in [1.165, 1.54) is 5.06 Å². The second kappa shape index (κ2) is 8.74. The van der Waals surface area contributed by atoms with E-state index in [0.717, 1.165) is 16.8 Å². The minimum absolute atomic E-state index is 0.0405. The molecular formula is C26H26N2O3. The predicted molar refractivity (Wildman–Crippen MR) is 120 cm³/mol. The van der Waals surface area contributed by atoms with Gasteiger partial charge in [0.05, 0.1) is 6.04 Å². The summed E-state index contributed by atoms with van der Waals surface area (Å²) in [4.78, 5) is 32.7. The lowest BCUT2D eigenvalue weighted by Gasteiger charge is -2.33. The summed E-state index contributed by atoms with van der Waals surface area (Å²) in [6.07, 6.45) is 0.124. The Hall–Kier alpha value is -3.44. The summed E-state index contributed by atoms with van der Waals surface area (Å²) in [5, 5.41) is 4.73. The van der Waals surface area contributed by atoms with Gasteiger partial charge in [-0.05, 0) is 25.5 Å². The molecule has 3 aromatic carbocycles. The van der Waals surface area contributed by atoms with Crippen LogP contribution in [0.15, 0.2) is 84.9 Å². The second-order valence-electron chi connectivity index (χ2n) is 8.24. The maximum atomic E-state index is 13.5. The molecule has 3 aromatic rings. The second-order valence-corrected chi connectivity index (χ2v) is 8.24. The molecule has 4 rings (SSSR count). The molecule has 1 atom stereocenters. The summed E-state index contributed by atoms with van der Waals surface area (Å²) in [6.45, 7) is 3.89. The van der Waals surface area contributed by atoms with Crippen LogP contribution < -0.4 is 5.32 Å². The van der Waals surface area contributed by atoms with Gasteiger partial charge in [-0.3, -0.25) is 14.4 Å². The number of rotatable bonds is 6. The maximum Gasteiger partial charge on any atom is 0.271 e. The van der Waals surface area contributed by atoms with Crippen LogP contribution in [0.5, 0.6) is 0 Å². The fraction of sp³-hybridized carbons (Fsp3) is 0.231. The number of para-hydroxylation sites is 1. The molecular weight excluding hydrogens is 388 g/mol. The Morgan fingerprint density at radius 3 is 2.26 bits per heavy atom. The summed E-state index contributed by atoms with van der Waals surface area (Å²) in [7, 11) is 0. The lowest BCUT2D eigenvalue weighted by Crippen LogP contribution is -2.49. The highest BCUT2D eigenvalue weighted by Gasteiger charge is 2.42. The van der Waals surface area contributed by atoms with Crippen molar-refractivity contribution < 1.29 is 14.4 Å². The minimum atomic E-state index is -0.892. The number of hydroxylamine groups is 2. The molecule has 5 heteroatoms. The van der Waals surface area contributed by atoms with Crippen LogP contribution in [-0.2, 0) is 16.2 Å². The lowest BCUT2D eigenvalue weighted by atomic mass is 9.96. The Bertz CT molecular complexity index is 1060. The van der Waals surface area contributed by atoms with E-state index in [1.54, 1.807) is 12.1 Å². The van der Waals surface area contributed by atoms with E-state index in [4.69, 9.17) is 4.84 Å². The average molecular weight is 415 g/mol. The fourth-order valence-corrected chi connectivity index (χ4v) is 3.81. The van der Waals surface area contributed by atoms with Crippen LogP contribution in [-0.4, -0.2) is 22.3 Å². The SMILES string of the molecule is CC1(C)Nc2ccccc2[C@@H](CC(=O)c2ccccc2)N(OCc2ccccc2)C1=O. The molecule has 0 saturated heterocycles. The van der Waals surface area contributed by atoms with Gasteiger partial charge in [-0.2, -0.15) is 0 Å². The number of fused-ring (bicyclic) bond motifs is 1. The Labute approximate surface area is 182 Å². The van der Waals surface area contributed by atoms with E-state index in [-0.39, 0.29) is 24.7 Å². The number of anilines is 1. The van der Waals surface area contributed by atoms with E-state index < -0.39 is 11.6 Å². The van der Waals surface area contributed by atoms with Gasteiger partial charge < -0.3 is 5.32 Å². The van der Waals surface area contributed by atoms with Crippen LogP contribution in [0, 0.1) is 0 Å². The van der Waals surface area contributed by atoms with Crippen LogP contribution in [0.25, 0.3) is 0 Å². The molecule has 0 saturated carbocycles. The molecule has 1 amide bonds. The zero-order valence-corrected chi connectivity index (χ0v) is 17.7. The van der Waals surface area contributed by atoms with Gasteiger partial charge in [0.1, 0.15) is 12.1 Å². The van der Waals surface area contributed by atoms with Gasteiger partial charge in [-0.15, -0.1) is 0 Å². The van der Waals surface area contributed by atoms with E-state index in [9.17, 15) is 9.59 Å². The Balaban J connectivity index is 1.71. The molecule has 158 valence electrons. The number of hydrogen-bond acceptors (Lipinski definition) is 4. The molecule has 1 aliphatic heterocycles. The van der Waals surface area contributed by atoms with Crippen LogP contribution in [0.4, 0.5) is 5.69 Å². The number of hydrogen-bond donors (Lipinski definition) is 1. The minimum Gasteiger partial charge on any atom is -0.371 e. The molecule has 1 heterocycles. The topological polar surface area (TPSA) is 58.6 Å². The third-order valence-corrected chi connectivity index (χ3v) is 5.47. The molecule has 1 N–H and O–H groups in total. The summed E-state index contributed by atoms with van der Waals surface area (Å²) < 4.78 is 0. The van der Waals surface area contributed by atoms with Gasteiger partial charge in [0.2, 0.25) is 0 Å². The van der Waals surface area contributed by atoms with Gasteiger partial charge in [0.15, 0.2) is 5.78 Å². The molecule has 0 aliphatic carbocycles. The van der Waals surface area contributed by atoms with Gasteiger partial charge in [0, 0.05) is 23.2 Å². The van der Waals surface area contributed by atoms with E-state index >= 15 is 0 Å². The Morgan fingerprint density at radius 1 is 0.935 bits per heavy atom. The van der Waals surface area contributed by atoms with Crippen molar-refractivity contribution >= 4 is 17.4 Å². The van der Waals surface area contributed by atoms with E-state index in [2.05, 4.69) is 5.32 Å². The van der Waals surface area contributed by atoms with Crippen molar-refractivity contribution in [1.29, 1.82) is 0 Å². The summed E-state index contributed by atoms with van der Waals surface area (Å²) in [5.74, 6) is -0.258. The normalized spacial score (nSPS) is 17.4. The Kier molecular flexibility index (Phi) is 5.87. The summed E-state index contributed by atoms with van der Waals surface area (Å²) in [6, 6.07) is 26.0. The van der Waals surface area contributed by atoms with Crippen molar-refractivity contribution in [3.05, 3.63) is 102 Å². The smallest absolute Gasteiger partial charge is 0.271 e. The zero-order chi connectivity index (χ0) is 21.8. The highest BCUT2D eigenvalue weighted by atomic mass is 16.7. The molecule has 0 unspecified atom stereocenters. The quantitative estimate of drug-likeness (QED) is 0.566. The molecule has 0 radical (unpaired) electrons. The molecule has 0 bridgehead atoms. The molecule has 0 spiro atoms. The molecule has 0 fully saturated rings. The standard InChI is InChI=1S/C26H26N2O3/c1-26(2)25(30)28(31-18-19-11-5-3-6-12-19)23(21-15-9-10-16-22(21)27-26)17-24(29)20-13-7-4-8-14-20/h3-16,23,27H,17-18H2,1-2H3/t23-/m1/s1. The highest BCUT2D eigenvalue weighted by molar-refractivity contribution is 5.97. The van der Waals surface area contributed by atoms with Crippen LogP contribution in [0.2, 0.25) is 0 Å². The fourth-order valence-electron chi connectivity index (χ4n) is 3.81. The van der Waals surface area contributed by atoms with Gasteiger partial charge in [-0.1, -0.05) is 78.9 Å². The Morgan fingerprint density at radius 2 is 1.55 bits per heavy atom. The van der Waals surface area contributed by atoms with Gasteiger partial charge in [-0.25, -0.2) is 5.06 Å². The van der Waals surface area contributed by atoms with Gasteiger partial charge >= 0.3 is 0 Å². The first kappa shape index (κ1) is 20.8. The number of nitrogens with zero attached hydrogens (tertiary/aromatic N) is 1. The van der Waals surface area contributed by atoms with Crippen LogP contribution in [0.3, 0.4) is 0 Å². The molecule has 31 heavy (non-hydrogen) atoms. The van der Waals surface area contributed by atoms with E-state index in [0.29, 0.717) is 5.56 Å². The first-order valence-corrected chi connectivity index (χ1v) is 10.4. The van der Waals surface area contributed by atoms with Crippen LogP contribution >= 0.6 is 0 Å². The third kappa shape index (κ3) is 4.52. The van der Waals surface area contributed by atoms with Gasteiger partial charge in [0.25, 0.3) is 5.91 Å². The first-order valence-electron chi connectivity index (χ1n) is 10.4. The number of Topliss-reactive ketones (excluding diaryl/α,β-unsaturated/α-hetero) is 1. The number of amides is 1. The average Bonchev–Trinajstić information content (AvgIpc) is 2.86. The number of carbonyl (C=O) groups excluding carboxylic acids is 2. The van der Waals surface area contributed by atoms with E-state index in [1.807, 2.05) is 86.6 Å². The number of ketones is 1. The molecule has 1 aliphatic rings. The van der Waals surface area contributed by atoms with Crippen molar-refractivity contribution in [2.75, 3.05) is 5.32 Å². The lowest BCUT2D eigenvalue weighted by molar-refractivity contribution is -0.209. The summed E-state index contributed by atoms with van der Waals surface area (Å²) in [5.41, 5.74) is 2.37.